The lowest BCUT2D eigenvalue weighted by Crippen LogP contribution is -2.25. The van der Waals surface area contributed by atoms with Crippen LogP contribution in [0.2, 0.25) is 0 Å². The molecule has 0 aliphatic heterocycles. The van der Waals surface area contributed by atoms with Gasteiger partial charge in [-0.05, 0) is 31.2 Å². The fourth-order valence-electron chi connectivity index (χ4n) is 1.17. The molecule has 0 aromatic rings. The summed E-state index contributed by atoms with van der Waals surface area (Å²) in [6, 6.07) is 0. The fraction of sp³-hybridized carbons (Fsp3) is 0.500. The summed E-state index contributed by atoms with van der Waals surface area (Å²) in [6.07, 6.45) is 3.82. The van der Waals surface area contributed by atoms with E-state index in [4.69, 9.17) is 0 Å². The number of nitrogens with zero attached hydrogens (tertiary/aromatic N) is 1. The second kappa shape index (κ2) is 6.67. The van der Waals surface area contributed by atoms with Gasteiger partial charge in [0.2, 0.25) is 0 Å². The van der Waals surface area contributed by atoms with E-state index >= 15 is 0 Å². The van der Waals surface area contributed by atoms with Gasteiger partial charge < -0.3 is 0 Å². The van der Waals surface area contributed by atoms with Crippen molar-refractivity contribution in [2.24, 2.45) is 0 Å². The molecule has 0 aliphatic rings. The summed E-state index contributed by atoms with van der Waals surface area (Å²) in [5, 5.41) is 0. The molecule has 13 heavy (non-hydrogen) atoms. The number of hydrogen-bond donors (Lipinski definition) is 0. The molecule has 0 N–H and O–H groups in total. The molecule has 0 bridgehead atoms. The zero-order valence-corrected chi connectivity index (χ0v) is 9.14. The Kier molecular flexibility index (Phi) is 6.25. The molecular weight excluding hydrogens is 158 g/mol. The Morgan fingerprint density at radius 1 is 1.15 bits per heavy atom. The van der Waals surface area contributed by atoms with E-state index in [9.17, 15) is 0 Å². The predicted octanol–water partition coefficient (Wildman–Crippen LogP) is 3.02. The van der Waals surface area contributed by atoms with E-state index < -0.39 is 0 Å². The summed E-state index contributed by atoms with van der Waals surface area (Å²) >= 11 is 0. The van der Waals surface area contributed by atoms with E-state index in [-0.39, 0.29) is 0 Å². The van der Waals surface area contributed by atoms with Gasteiger partial charge in [0.15, 0.2) is 0 Å². The smallest absolute Gasteiger partial charge is 0.0235 e. The van der Waals surface area contributed by atoms with Crippen molar-refractivity contribution in [3.63, 3.8) is 0 Å². The molecule has 1 heteroatoms. The third-order valence-corrected chi connectivity index (χ3v) is 2.35. The molecular formula is C12H21N. The van der Waals surface area contributed by atoms with E-state index in [1.165, 1.54) is 11.1 Å². The van der Waals surface area contributed by atoms with Crippen molar-refractivity contribution in [3.8, 4) is 0 Å². The van der Waals surface area contributed by atoms with Crippen LogP contribution in [0.15, 0.2) is 36.5 Å². The van der Waals surface area contributed by atoms with Crippen molar-refractivity contribution in [2.45, 2.75) is 20.8 Å². The highest BCUT2D eigenvalue weighted by Gasteiger charge is 2.02. The van der Waals surface area contributed by atoms with E-state index in [1.807, 2.05) is 12.2 Å². The van der Waals surface area contributed by atoms with Crippen LogP contribution < -0.4 is 0 Å². The summed E-state index contributed by atoms with van der Waals surface area (Å²) in [6.45, 7) is 17.2. The standard InChI is InChI=1S/C12H21N/c1-6-11(5)12(7-2)10-13(8-3)9-4/h6-7H,1-2,8-10H2,3-5H3/b12-11+. The largest absolute Gasteiger partial charge is 0.300 e. The topological polar surface area (TPSA) is 3.24 Å². The summed E-state index contributed by atoms with van der Waals surface area (Å²) < 4.78 is 0. The Hall–Kier alpha value is -0.820. The second-order valence-corrected chi connectivity index (χ2v) is 3.08. The molecule has 0 spiro atoms. The van der Waals surface area contributed by atoms with E-state index in [0.717, 1.165) is 19.6 Å². The van der Waals surface area contributed by atoms with Crippen molar-refractivity contribution in [2.75, 3.05) is 19.6 Å². The molecule has 0 unspecified atom stereocenters. The average Bonchev–Trinajstić information content (AvgIpc) is 2.19. The summed E-state index contributed by atoms with van der Waals surface area (Å²) in [7, 11) is 0. The first kappa shape index (κ1) is 12.2. The number of allylic oxidation sites excluding steroid dienone is 2. The molecule has 0 aromatic heterocycles. The van der Waals surface area contributed by atoms with Gasteiger partial charge in [0.05, 0.1) is 0 Å². The highest BCUT2D eigenvalue weighted by molar-refractivity contribution is 5.30. The first-order valence-electron chi connectivity index (χ1n) is 4.86. The van der Waals surface area contributed by atoms with Gasteiger partial charge in [-0.25, -0.2) is 0 Å². The highest BCUT2D eigenvalue weighted by Crippen LogP contribution is 2.08. The molecule has 0 rings (SSSR count). The molecule has 0 saturated carbocycles. The lowest BCUT2D eigenvalue weighted by molar-refractivity contribution is 0.331. The minimum absolute atomic E-state index is 0.981. The number of hydrogen-bond acceptors (Lipinski definition) is 1. The van der Waals surface area contributed by atoms with Crippen LogP contribution in [0.1, 0.15) is 20.8 Å². The van der Waals surface area contributed by atoms with Crippen molar-refractivity contribution in [1.82, 2.24) is 4.90 Å². The quantitative estimate of drug-likeness (QED) is 0.566. The number of rotatable bonds is 6. The van der Waals surface area contributed by atoms with Crippen LogP contribution in [0.5, 0.6) is 0 Å². The summed E-state index contributed by atoms with van der Waals surface area (Å²) in [5.74, 6) is 0. The van der Waals surface area contributed by atoms with Gasteiger partial charge in [-0.15, -0.1) is 0 Å². The Labute approximate surface area is 82.4 Å². The highest BCUT2D eigenvalue weighted by atomic mass is 15.1. The van der Waals surface area contributed by atoms with Crippen molar-refractivity contribution in [3.05, 3.63) is 36.5 Å². The zero-order valence-electron chi connectivity index (χ0n) is 9.14. The Balaban J connectivity index is 4.44. The van der Waals surface area contributed by atoms with E-state index in [0.29, 0.717) is 0 Å². The van der Waals surface area contributed by atoms with Gasteiger partial charge in [-0.3, -0.25) is 4.90 Å². The maximum Gasteiger partial charge on any atom is 0.0235 e. The summed E-state index contributed by atoms with van der Waals surface area (Å²) in [5.41, 5.74) is 2.50. The van der Waals surface area contributed by atoms with E-state index in [2.05, 4.69) is 38.8 Å². The van der Waals surface area contributed by atoms with Crippen LogP contribution >= 0.6 is 0 Å². The average molecular weight is 179 g/mol. The molecule has 0 saturated heterocycles. The SMILES string of the molecule is C=C/C(C)=C(\C=C)CN(CC)CC. The number of likely N-dealkylation sites (N-methyl/N-ethyl adjacent to an activating group) is 1. The first-order chi connectivity index (χ1) is 6.19. The molecule has 0 fully saturated rings. The van der Waals surface area contributed by atoms with Crippen LogP contribution in [0.25, 0.3) is 0 Å². The maximum atomic E-state index is 3.82. The molecule has 0 aromatic carbocycles. The lowest BCUT2D eigenvalue weighted by Gasteiger charge is -2.19. The maximum absolute atomic E-state index is 3.82. The zero-order chi connectivity index (χ0) is 10.3. The van der Waals surface area contributed by atoms with Crippen molar-refractivity contribution >= 4 is 0 Å². The van der Waals surface area contributed by atoms with Crippen LogP contribution in [-0.4, -0.2) is 24.5 Å². The normalized spacial score (nSPS) is 12.6. The van der Waals surface area contributed by atoms with Crippen LogP contribution in [-0.2, 0) is 0 Å². The minimum atomic E-state index is 0.981. The first-order valence-corrected chi connectivity index (χ1v) is 4.86. The molecule has 1 nitrogen and oxygen atoms in total. The van der Waals surface area contributed by atoms with Gasteiger partial charge in [0.1, 0.15) is 0 Å². The Morgan fingerprint density at radius 2 is 1.69 bits per heavy atom. The van der Waals surface area contributed by atoms with Crippen LogP contribution in [0.3, 0.4) is 0 Å². The fourth-order valence-corrected chi connectivity index (χ4v) is 1.17. The molecule has 0 atom stereocenters. The van der Waals surface area contributed by atoms with Gasteiger partial charge >= 0.3 is 0 Å². The minimum Gasteiger partial charge on any atom is -0.300 e. The molecule has 0 heterocycles. The van der Waals surface area contributed by atoms with Gasteiger partial charge in [-0.1, -0.05) is 39.2 Å². The molecule has 0 amide bonds. The van der Waals surface area contributed by atoms with Gasteiger partial charge in [0.25, 0.3) is 0 Å². The Bertz CT molecular complexity index is 197. The van der Waals surface area contributed by atoms with Crippen LogP contribution in [0, 0.1) is 0 Å². The van der Waals surface area contributed by atoms with Crippen molar-refractivity contribution in [1.29, 1.82) is 0 Å². The van der Waals surface area contributed by atoms with Gasteiger partial charge in [0, 0.05) is 6.54 Å². The van der Waals surface area contributed by atoms with E-state index in [1.54, 1.807) is 0 Å². The van der Waals surface area contributed by atoms with Crippen molar-refractivity contribution < 1.29 is 0 Å². The summed E-state index contributed by atoms with van der Waals surface area (Å²) in [4.78, 5) is 2.37. The Morgan fingerprint density at radius 3 is 2.00 bits per heavy atom. The monoisotopic (exact) mass is 179 g/mol. The molecule has 0 aliphatic carbocycles. The molecule has 74 valence electrons. The van der Waals surface area contributed by atoms with Gasteiger partial charge in [-0.2, -0.15) is 0 Å². The molecule has 0 radical (unpaired) electrons. The van der Waals surface area contributed by atoms with Crippen LogP contribution in [0.4, 0.5) is 0 Å². The third kappa shape index (κ3) is 4.09. The lowest BCUT2D eigenvalue weighted by atomic mass is 10.1. The third-order valence-electron chi connectivity index (χ3n) is 2.35. The second-order valence-electron chi connectivity index (χ2n) is 3.08. The predicted molar refractivity (Wildman–Crippen MR) is 60.9 cm³/mol.